The number of ketones is 1. The van der Waals surface area contributed by atoms with Gasteiger partial charge < -0.3 is 9.84 Å². The SMILES string of the molecule is CC[C@@]12CC[C@@](O)(c3ccccc3)C[C@@H]1CCOc1cc(C(=O)Cc3cccnc3C)ccc12. The maximum Gasteiger partial charge on any atom is 0.167 e. The van der Waals surface area contributed by atoms with Crippen molar-refractivity contribution in [2.75, 3.05) is 6.61 Å². The molecule has 0 unspecified atom stereocenters. The summed E-state index contributed by atoms with van der Waals surface area (Å²) in [6.07, 6.45) is 6.33. The number of hydrogen-bond acceptors (Lipinski definition) is 4. The molecule has 4 heteroatoms. The van der Waals surface area contributed by atoms with E-state index in [9.17, 15) is 9.90 Å². The molecule has 1 fully saturated rings. The summed E-state index contributed by atoms with van der Waals surface area (Å²) >= 11 is 0. The largest absolute Gasteiger partial charge is 0.493 e. The van der Waals surface area contributed by atoms with Crippen LogP contribution in [0.25, 0.3) is 0 Å². The van der Waals surface area contributed by atoms with E-state index in [2.05, 4.69) is 18.0 Å². The third-order valence-corrected chi connectivity index (χ3v) is 8.32. The first-order chi connectivity index (χ1) is 16.4. The average molecular weight is 456 g/mol. The molecule has 1 N–H and O–H groups in total. The van der Waals surface area contributed by atoms with Crippen LogP contribution in [-0.2, 0) is 17.4 Å². The van der Waals surface area contributed by atoms with Crippen LogP contribution in [0.2, 0.25) is 0 Å². The number of rotatable bonds is 5. The van der Waals surface area contributed by atoms with E-state index in [1.807, 2.05) is 61.5 Å². The van der Waals surface area contributed by atoms with Crippen molar-refractivity contribution < 1.29 is 14.6 Å². The Morgan fingerprint density at radius 1 is 1.12 bits per heavy atom. The zero-order chi connectivity index (χ0) is 23.8. The van der Waals surface area contributed by atoms with Gasteiger partial charge in [0.15, 0.2) is 5.78 Å². The predicted molar refractivity (Wildman–Crippen MR) is 133 cm³/mol. The number of ether oxygens (including phenoxy) is 1. The molecule has 0 amide bonds. The molecule has 3 atom stereocenters. The fourth-order valence-corrected chi connectivity index (χ4v) is 6.26. The molecule has 0 spiro atoms. The van der Waals surface area contributed by atoms with Crippen LogP contribution in [0.5, 0.6) is 5.75 Å². The Bertz CT molecular complexity index is 1190. The van der Waals surface area contributed by atoms with Gasteiger partial charge in [0.2, 0.25) is 0 Å². The maximum absolute atomic E-state index is 13.1. The number of aromatic nitrogens is 1. The monoisotopic (exact) mass is 455 g/mol. The lowest BCUT2D eigenvalue weighted by Crippen LogP contribution is -2.46. The van der Waals surface area contributed by atoms with Crippen molar-refractivity contribution in [3.8, 4) is 5.75 Å². The number of pyridine rings is 1. The van der Waals surface area contributed by atoms with Crippen molar-refractivity contribution in [3.05, 3.63) is 94.8 Å². The first kappa shape index (κ1) is 22.8. The highest BCUT2D eigenvalue weighted by Gasteiger charge is 2.50. The number of carbonyl (C=O) groups is 1. The molecule has 0 radical (unpaired) electrons. The van der Waals surface area contributed by atoms with Gasteiger partial charge in [0.05, 0.1) is 12.2 Å². The van der Waals surface area contributed by atoms with E-state index in [0.717, 1.165) is 54.7 Å². The van der Waals surface area contributed by atoms with Gasteiger partial charge in [-0.2, -0.15) is 0 Å². The summed E-state index contributed by atoms with van der Waals surface area (Å²) in [6, 6.07) is 20.0. The Kier molecular flexibility index (Phi) is 6.03. The van der Waals surface area contributed by atoms with Gasteiger partial charge in [-0.3, -0.25) is 9.78 Å². The van der Waals surface area contributed by atoms with Crippen LogP contribution in [0.4, 0.5) is 0 Å². The van der Waals surface area contributed by atoms with Crippen LogP contribution in [0, 0.1) is 12.8 Å². The number of benzene rings is 2. The van der Waals surface area contributed by atoms with Crippen molar-refractivity contribution in [2.45, 2.75) is 63.4 Å². The number of aryl methyl sites for hydroxylation is 1. The Labute approximate surface area is 202 Å². The van der Waals surface area contributed by atoms with Gasteiger partial charge in [-0.15, -0.1) is 0 Å². The highest BCUT2D eigenvalue weighted by atomic mass is 16.5. The van der Waals surface area contributed by atoms with Crippen molar-refractivity contribution in [2.24, 2.45) is 5.92 Å². The summed E-state index contributed by atoms with van der Waals surface area (Å²) in [4.78, 5) is 17.4. The van der Waals surface area contributed by atoms with E-state index in [1.165, 1.54) is 5.56 Å². The Balaban J connectivity index is 1.45. The molecule has 176 valence electrons. The van der Waals surface area contributed by atoms with Crippen LogP contribution in [-0.4, -0.2) is 22.5 Å². The normalized spacial score (nSPS) is 26.0. The first-order valence-corrected chi connectivity index (χ1v) is 12.4. The Morgan fingerprint density at radius 2 is 1.94 bits per heavy atom. The minimum Gasteiger partial charge on any atom is -0.493 e. The number of fused-ring (bicyclic) bond motifs is 3. The third-order valence-electron chi connectivity index (χ3n) is 8.32. The molecule has 5 rings (SSSR count). The van der Waals surface area contributed by atoms with Crippen LogP contribution in [0.15, 0.2) is 66.9 Å². The highest BCUT2D eigenvalue weighted by molar-refractivity contribution is 5.98. The summed E-state index contributed by atoms with van der Waals surface area (Å²) in [5.74, 6) is 1.23. The minimum absolute atomic E-state index is 0.0473. The summed E-state index contributed by atoms with van der Waals surface area (Å²) in [5, 5.41) is 11.6. The second-order valence-electron chi connectivity index (χ2n) is 10.0. The fourth-order valence-electron chi connectivity index (χ4n) is 6.26. The maximum atomic E-state index is 13.1. The molecule has 3 aromatic rings. The Morgan fingerprint density at radius 3 is 2.71 bits per heavy atom. The summed E-state index contributed by atoms with van der Waals surface area (Å²) in [6.45, 7) is 4.79. The van der Waals surface area contributed by atoms with Gasteiger partial charge in [0.25, 0.3) is 0 Å². The summed E-state index contributed by atoms with van der Waals surface area (Å²) in [7, 11) is 0. The lowest BCUT2D eigenvalue weighted by Gasteiger charge is -2.49. The zero-order valence-corrected chi connectivity index (χ0v) is 20.1. The molecule has 34 heavy (non-hydrogen) atoms. The smallest absolute Gasteiger partial charge is 0.167 e. The van der Waals surface area contributed by atoms with Crippen molar-refractivity contribution >= 4 is 5.78 Å². The van der Waals surface area contributed by atoms with Crippen molar-refractivity contribution in [1.29, 1.82) is 0 Å². The van der Waals surface area contributed by atoms with Crippen molar-refractivity contribution in [3.63, 3.8) is 0 Å². The molecule has 1 aliphatic carbocycles. The van der Waals surface area contributed by atoms with Gasteiger partial charge in [-0.05, 0) is 68.2 Å². The minimum atomic E-state index is -0.799. The van der Waals surface area contributed by atoms with Crippen LogP contribution >= 0.6 is 0 Å². The second-order valence-corrected chi connectivity index (χ2v) is 10.0. The fraction of sp³-hybridized carbons (Fsp3) is 0.400. The number of Topliss-reactive ketones (excluding diaryl/α,β-unsaturated/α-hetero) is 1. The summed E-state index contributed by atoms with van der Waals surface area (Å²) in [5.41, 5.74) is 3.89. The van der Waals surface area contributed by atoms with Gasteiger partial charge in [0, 0.05) is 34.9 Å². The van der Waals surface area contributed by atoms with Crippen LogP contribution in [0.1, 0.15) is 71.8 Å². The second kappa shape index (κ2) is 8.99. The number of hydrogen-bond donors (Lipinski definition) is 1. The lowest BCUT2D eigenvalue weighted by molar-refractivity contribution is -0.0534. The van der Waals surface area contributed by atoms with Gasteiger partial charge in [-0.1, -0.05) is 55.5 Å². The molecule has 2 heterocycles. The quantitative estimate of drug-likeness (QED) is 0.484. The highest BCUT2D eigenvalue weighted by Crippen LogP contribution is 2.56. The first-order valence-electron chi connectivity index (χ1n) is 12.4. The lowest BCUT2D eigenvalue weighted by atomic mass is 9.56. The average Bonchev–Trinajstić information content (AvgIpc) is 3.02. The van der Waals surface area contributed by atoms with E-state index in [4.69, 9.17) is 4.74 Å². The standard InChI is InChI=1S/C30H33NO3/c1-3-29-14-15-30(33,24-9-5-4-6-10-24)20-25(29)13-17-34-28-19-23(11-12-26(28)29)27(32)18-22-8-7-16-31-21(22)2/h4-12,16,19,25,33H,3,13-15,17-18,20H2,1-2H3/t25-,29+,30-/m0/s1. The number of aliphatic hydroxyl groups is 1. The summed E-state index contributed by atoms with van der Waals surface area (Å²) < 4.78 is 6.26. The van der Waals surface area contributed by atoms with Crippen molar-refractivity contribution in [1.82, 2.24) is 4.98 Å². The van der Waals surface area contributed by atoms with Gasteiger partial charge in [0.1, 0.15) is 5.75 Å². The van der Waals surface area contributed by atoms with Crippen LogP contribution in [0.3, 0.4) is 0 Å². The van der Waals surface area contributed by atoms with E-state index < -0.39 is 5.60 Å². The molecule has 0 saturated heterocycles. The van der Waals surface area contributed by atoms with E-state index in [0.29, 0.717) is 24.5 Å². The van der Waals surface area contributed by atoms with Crippen LogP contribution < -0.4 is 4.74 Å². The van der Waals surface area contributed by atoms with E-state index in [-0.39, 0.29) is 11.2 Å². The van der Waals surface area contributed by atoms with Gasteiger partial charge >= 0.3 is 0 Å². The third kappa shape index (κ3) is 3.94. The molecule has 2 aromatic carbocycles. The molecule has 1 aliphatic heterocycles. The molecule has 1 aromatic heterocycles. The van der Waals surface area contributed by atoms with E-state index in [1.54, 1.807) is 6.20 Å². The topological polar surface area (TPSA) is 59.4 Å². The molecule has 2 aliphatic rings. The number of nitrogens with zero attached hydrogens (tertiary/aromatic N) is 1. The van der Waals surface area contributed by atoms with E-state index >= 15 is 0 Å². The molecule has 0 bridgehead atoms. The zero-order valence-electron chi connectivity index (χ0n) is 20.1. The molecule has 1 saturated carbocycles. The number of carbonyl (C=O) groups excluding carboxylic acids is 1. The van der Waals surface area contributed by atoms with Gasteiger partial charge in [-0.25, -0.2) is 0 Å². The molecular weight excluding hydrogens is 422 g/mol. The molecule has 4 nitrogen and oxygen atoms in total. The predicted octanol–water partition coefficient (Wildman–Crippen LogP) is 5.93. The Hall–Kier alpha value is -2.98. The molecular formula is C30H33NO3.